The van der Waals surface area contributed by atoms with E-state index in [0.717, 1.165) is 12.8 Å². The molecule has 1 aromatic carbocycles. The Labute approximate surface area is 107 Å². The van der Waals surface area contributed by atoms with E-state index >= 15 is 0 Å². The fourth-order valence-electron chi connectivity index (χ4n) is 1.78. The minimum Gasteiger partial charge on any atom is -0.478 e. The molecule has 0 radical (unpaired) electrons. The lowest BCUT2D eigenvalue weighted by Gasteiger charge is -2.20. The van der Waals surface area contributed by atoms with Crippen molar-refractivity contribution >= 4 is 17.3 Å². The second-order valence-corrected chi connectivity index (χ2v) is 4.19. The van der Waals surface area contributed by atoms with Crippen molar-refractivity contribution < 1.29 is 14.6 Å². The van der Waals surface area contributed by atoms with E-state index in [1.165, 1.54) is 6.07 Å². The van der Waals surface area contributed by atoms with Gasteiger partial charge < -0.3 is 20.9 Å². The zero-order valence-corrected chi connectivity index (χ0v) is 10.8. The molecule has 0 aliphatic heterocycles. The zero-order valence-electron chi connectivity index (χ0n) is 10.8. The summed E-state index contributed by atoms with van der Waals surface area (Å²) in [7, 11) is 1.64. The summed E-state index contributed by atoms with van der Waals surface area (Å²) in [5.41, 5.74) is 7.24. The number of ether oxygens (including phenoxy) is 1. The molecule has 5 heteroatoms. The van der Waals surface area contributed by atoms with Crippen LogP contribution in [-0.4, -0.2) is 30.8 Å². The molecule has 0 aliphatic rings. The molecule has 4 N–H and O–H groups in total. The maximum Gasteiger partial charge on any atom is 0.335 e. The third kappa shape index (κ3) is 3.92. The number of rotatable bonds is 7. The summed E-state index contributed by atoms with van der Waals surface area (Å²) in [4.78, 5) is 10.9. The van der Waals surface area contributed by atoms with Crippen molar-refractivity contribution in [3.05, 3.63) is 23.8 Å². The Morgan fingerprint density at radius 3 is 2.83 bits per heavy atom. The summed E-state index contributed by atoms with van der Waals surface area (Å²) in [5, 5.41) is 12.2. The Bertz CT molecular complexity index is 401. The zero-order chi connectivity index (χ0) is 13.5. The van der Waals surface area contributed by atoms with E-state index in [1.54, 1.807) is 19.2 Å². The molecule has 18 heavy (non-hydrogen) atoms. The fourth-order valence-corrected chi connectivity index (χ4v) is 1.78. The topological polar surface area (TPSA) is 84.6 Å². The van der Waals surface area contributed by atoms with E-state index in [-0.39, 0.29) is 11.6 Å². The first kappa shape index (κ1) is 14.3. The van der Waals surface area contributed by atoms with Crippen molar-refractivity contribution in [2.24, 2.45) is 0 Å². The predicted octanol–water partition coefficient (Wildman–Crippen LogP) is 2.19. The first-order valence-electron chi connectivity index (χ1n) is 5.96. The van der Waals surface area contributed by atoms with E-state index < -0.39 is 5.97 Å². The van der Waals surface area contributed by atoms with Gasteiger partial charge in [-0.25, -0.2) is 4.79 Å². The Balaban J connectivity index is 2.86. The molecule has 1 rings (SSSR count). The van der Waals surface area contributed by atoms with Crippen LogP contribution in [0.3, 0.4) is 0 Å². The van der Waals surface area contributed by atoms with Crippen LogP contribution in [0.5, 0.6) is 0 Å². The molecule has 1 unspecified atom stereocenters. The van der Waals surface area contributed by atoms with Gasteiger partial charge in [0.15, 0.2) is 0 Å². The lowest BCUT2D eigenvalue weighted by molar-refractivity contribution is 0.0697. The van der Waals surface area contributed by atoms with Gasteiger partial charge in [0.2, 0.25) is 0 Å². The highest BCUT2D eigenvalue weighted by Gasteiger charge is 2.11. The normalized spacial score (nSPS) is 12.1. The van der Waals surface area contributed by atoms with Gasteiger partial charge in [-0.1, -0.05) is 13.3 Å². The number of carboxylic acid groups (broad SMARTS) is 1. The molecule has 0 amide bonds. The van der Waals surface area contributed by atoms with E-state index in [2.05, 4.69) is 12.2 Å². The Kier molecular flexibility index (Phi) is 5.45. The predicted molar refractivity (Wildman–Crippen MR) is 72.0 cm³/mol. The molecule has 0 bridgehead atoms. The van der Waals surface area contributed by atoms with Crippen LogP contribution in [0.1, 0.15) is 30.1 Å². The largest absolute Gasteiger partial charge is 0.478 e. The lowest BCUT2D eigenvalue weighted by atomic mass is 10.1. The van der Waals surface area contributed by atoms with Gasteiger partial charge in [-0.2, -0.15) is 0 Å². The molecular formula is C13H20N2O3. The average Bonchev–Trinajstić information content (AvgIpc) is 2.32. The third-order valence-corrected chi connectivity index (χ3v) is 2.66. The van der Waals surface area contributed by atoms with E-state index in [0.29, 0.717) is 18.0 Å². The maximum absolute atomic E-state index is 10.9. The van der Waals surface area contributed by atoms with E-state index in [9.17, 15) is 4.79 Å². The average molecular weight is 252 g/mol. The fraction of sp³-hybridized carbons (Fsp3) is 0.462. The second kappa shape index (κ2) is 6.86. The standard InChI is InChI=1S/C13H20N2O3/c1-3-4-10(8-18-2)15-12-7-9(13(16)17)5-6-11(12)14/h5-7,10,15H,3-4,8,14H2,1-2H3,(H,16,17). The van der Waals surface area contributed by atoms with Gasteiger partial charge in [0.1, 0.15) is 0 Å². The summed E-state index contributed by atoms with van der Waals surface area (Å²) < 4.78 is 5.13. The number of benzene rings is 1. The second-order valence-electron chi connectivity index (χ2n) is 4.19. The maximum atomic E-state index is 10.9. The number of nitrogen functional groups attached to an aromatic ring is 1. The summed E-state index contributed by atoms with van der Waals surface area (Å²) >= 11 is 0. The van der Waals surface area contributed by atoms with Crippen LogP contribution in [0.4, 0.5) is 11.4 Å². The number of nitrogens with two attached hydrogens (primary N) is 1. The van der Waals surface area contributed by atoms with E-state index in [4.69, 9.17) is 15.6 Å². The number of carboxylic acids is 1. The highest BCUT2D eigenvalue weighted by molar-refractivity contribution is 5.90. The molecule has 1 atom stereocenters. The third-order valence-electron chi connectivity index (χ3n) is 2.66. The van der Waals surface area contributed by atoms with Crippen LogP contribution < -0.4 is 11.1 Å². The summed E-state index contributed by atoms with van der Waals surface area (Å²) in [5.74, 6) is -0.961. The van der Waals surface area contributed by atoms with Crippen LogP contribution in [0, 0.1) is 0 Å². The minimum atomic E-state index is -0.961. The molecular weight excluding hydrogens is 232 g/mol. The molecule has 5 nitrogen and oxygen atoms in total. The molecule has 1 aromatic rings. The van der Waals surface area contributed by atoms with Crippen LogP contribution in [0.15, 0.2) is 18.2 Å². The van der Waals surface area contributed by atoms with E-state index in [1.807, 2.05) is 0 Å². The first-order valence-corrected chi connectivity index (χ1v) is 5.96. The first-order chi connectivity index (χ1) is 8.58. The Hall–Kier alpha value is -1.75. The molecule has 0 spiro atoms. The monoisotopic (exact) mass is 252 g/mol. The van der Waals surface area contributed by atoms with Crippen molar-refractivity contribution in [1.82, 2.24) is 0 Å². The number of aromatic carboxylic acids is 1. The van der Waals surface area contributed by atoms with Crippen molar-refractivity contribution in [2.45, 2.75) is 25.8 Å². The van der Waals surface area contributed by atoms with Crippen LogP contribution in [0.25, 0.3) is 0 Å². The van der Waals surface area contributed by atoms with Gasteiger partial charge in [-0.3, -0.25) is 0 Å². The summed E-state index contributed by atoms with van der Waals surface area (Å²) in [6.07, 6.45) is 1.95. The van der Waals surface area contributed by atoms with Crippen molar-refractivity contribution in [1.29, 1.82) is 0 Å². The highest BCUT2D eigenvalue weighted by Crippen LogP contribution is 2.22. The van der Waals surface area contributed by atoms with Crippen molar-refractivity contribution in [2.75, 3.05) is 24.8 Å². The van der Waals surface area contributed by atoms with Crippen LogP contribution in [-0.2, 0) is 4.74 Å². The molecule has 0 saturated heterocycles. The number of methoxy groups -OCH3 is 1. The van der Waals surface area contributed by atoms with Gasteiger partial charge >= 0.3 is 5.97 Å². The van der Waals surface area contributed by atoms with Gasteiger partial charge in [0, 0.05) is 13.2 Å². The molecule has 100 valence electrons. The number of hydrogen-bond donors (Lipinski definition) is 3. The van der Waals surface area contributed by atoms with Gasteiger partial charge in [0.05, 0.1) is 23.5 Å². The van der Waals surface area contributed by atoms with Crippen LogP contribution in [0.2, 0.25) is 0 Å². The van der Waals surface area contributed by atoms with Crippen molar-refractivity contribution in [3.63, 3.8) is 0 Å². The molecule has 0 heterocycles. The molecule has 0 aromatic heterocycles. The quantitative estimate of drug-likeness (QED) is 0.648. The number of nitrogens with one attached hydrogen (secondary N) is 1. The Morgan fingerprint density at radius 1 is 1.56 bits per heavy atom. The molecule has 0 fully saturated rings. The lowest BCUT2D eigenvalue weighted by Crippen LogP contribution is -2.25. The number of carbonyl (C=O) groups is 1. The van der Waals surface area contributed by atoms with Gasteiger partial charge in [-0.15, -0.1) is 0 Å². The van der Waals surface area contributed by atoms with Gasteiger partial charge in [-0.05, 0) is 24.6 Å². The number of anilines is 2. The minimum absolute atomic E-state index is 0.131. The Morgan fingerprint density at radius 2 is 2.28 bits per heavy atom. The SMILES string of the molecule is CCCC(COC)Nc1cc(C(=O)O)ccc1N. The highest BCUT2D eigenvalue weighted by atomic mass is 16.5. The van der Waals surface area contributed by atoms with Crippen LogP contribution >= 0.6 is 0 Å². The molecule has 0 aliphatic carbocycles. The molecule has 0 saturated carbocycles. The van der Waals surface area contributed by atoms with Crippen molar-refractivity contribution in [3.8, 4) is 0 Å². The number of hydrogen-bond acceptors (Lipinski definition) is 4. The smallest absolute Gasteiger partial charge is 0.335 e. The van der Waals surface area contributed by atoms with Gasteiger partial charge in [0.25, 0.3) is 0 Å². The summed E-state index contributed by atoms with van der Waals surface area (Å²) in [6.45, 7) is 2.64. The summed E-state index contributed by atoms with van der Waals surface area (Å²) in [6, 6.07) is 4.78.